The lowest BCUT2D eigenvalue weighted by atomic mass is 10.0. The molecule has 1 rings (SSSR count). The zero-order chi connectivity index (χ0) is 11.3. The first-order valence-electron chi connectivity index (χ1n) is 4.79. The van der Waals surface area contributed by atoms with E-state index in [1.807, 2.05) is 30.3 Å². The van der Waals surface area contributed by atoms with Crippen molar-refractivity contribution in [3.05, 3.63) is 35.9 Å². The average Bonchev–Trinajstić information content (AvgIpc) is 2.26. The van der Waals surface area contributed by atoms with E-state index < -0.39 is 12.1 Å². The van der Waals surface area contributed by atoms with E-state index in [0.717, 1.165) is 5.56 Å². The van der Waals surface area contributed by atoms with E-state index in [4.69, 9.17) is 5.11 Å². The van der Waals surface area contributed by atoms with Gasteiger partial charge in [-0.3, -0.25) is 4.79 Å². The number of aliphatic carboxylic acids is 1. The van der Waals surface area contributed by atoms with Crippen LogP contribution in [-0.4, -0.2) is 28.8 Å². The monoisotopic (exact) mass is 209 g/mol. The van der Waals surface area contributed by atoms with Gasteiger partial charge >= 0.3 is 5.97 Å². The number of carboxylic acids is 1. The molecule has 0 saturated heterocycles. The molecule has 2 unspecified atom stereocenters. The second-order valence-corrected chi connectivity index (χ2v) is 3.42. The molecule has 0 aliphatic rings. The van der Waals surface area contributed by atoms with E-state index in [-0.39, 0.29) is 12.6 Å². The lowest BCUT2D eigenvalue weighted by Crippen LogP contribution is -2.35. The van der Waals surface area contributed by atoms with Crippen LogP contribution in [0.5, 0.6) is 0 Å². The van der Waals surface area contributed by atoms with Gasteiger partial charge in [-0.15, -0.1) is 0 Å². The molecule has 15 heavy (non-hydrogen) atoms. The van der Waals surface area contributed by atoms with Gasteiger partial charge in [-0.05, 0) is 12.5 Å². The fourth-order valence-electron chi connectivity index (χ4n) is 1.30. The van der Waals surface area contributed by atoms with Gasteiger partial charge in [-0.1, -0.05) is 30.3 Å². The molecule has 0 aliphatic heterocycles. The molecule has 0 saturated carbocycles. The first kappa shape index (κ1) is 11.7. The molecule has 0 heterocycles. The number of hydrogen-bond donors (Lipinski definition) is 3. The highest BCUT2D eigenvalue weighted by Gasteiger charge is 2.15. The second-order valence-electron chi connectivity index (χ2n) is 3.42. The Morgan fingerprint density at radius 2 is 2.00 bits per heavy atom. The third-order valence-corrected chi connectivity index (χ3v) is 2.19. The highest BCUT2D eigenvalue weighted by Crippen LogP contribution is 2.15. The highest BCUT2D eigenvalue weighted by molar-refractivity contribution is 5.69. The van der Waals surface area contributed by atoms with E-state index >= 15 is 0 Å². The van der Waals surface area contributed by atoms with Crippen molar-refractivity contribution in [1.29, 1.82) is 0 Å². The zero-order valence-electron chi connectivity index (χ0n) is 8.55. The lowest BCUT2D eigenvalue weighted by molar-refractivity contribution is -0.136. The summed E-state index contributed by atoms with van der Waals surface area (Å²) in [7, 11) is 0. The Morgan fingerprint density at radius 1 is 1.40 bits per heavy atom. The Kier molecular flexibility index (Phi) is 4.27. The van der Waals surface area contributed by atoms with Crippen molar-refractivity contribution < 1.29 is 15.0 Å². The fraction of sp³-hybridized carbons (Fsp3) is 0.364. The van der Waals surface area contributed by atoms with Crippen LogP contribution in [0.4, 0.5) is 0 Å². The van der Waals surface area contributed by atoms with E-state index in [9.17, 15) is 9.90 Å². The summed E-state index contributed by atoms with van der Waals surface area (Å²) < 4.78 is 0. The molecule has 0 spiro atoms. The molecule has 4 nitrogen and oxygen atoms in total. The Hall–Kier alpha value is -1.39. The molecule has 0 aromatic heterocycles. The molecule has 0 fully saturated rings. The van der Waals surface area contributed by atoms with E-state index in [0.29, 0.717) is 0 Å². The third-order valence-electron chi connectivity index (χ3n) is 2.19. The third kappa shape index (κ3) is 3.69. The van der Waals surface area contributed by atoms with Crippen molar-refractivity contribution in [2.45, 2.75) is 19.1 Å². The number of benzene rings is 1. The first-order valence-corrected chi connectivity index (χ1v) is 4.79. The molecule has 0 amide bonds. The zero-order valence-corrected chi connectivity index (χ0v) is 8.55. The summed E-state index contributed by atoms with van der Waals surface area (Å²) in [6, 6.07) is 8.87. The largest absolute Gasteiger partial charge is 0.480 e. The number of carboxylic acid groups (broad SMARTS) is 1. The summed E-state index contributed by atoms with van der Waals surface area (Å²) in [4.78, 5) is 10.3. The van der Waals surface area contributed by atoms with Crippen molar-refractivity contribution in [3.63, 3.8) is 0 Å². The van der Waals surface area contributed by atoms with Crippen LogP contribution < -0.4 is 5.32 Å². The Balaban J connectivity index is 2.53. The minimum Gasteiger partial charge on any atom is -0.480 e. The van der Waals surface area contributed by atoms with E-state index in [1.54, 1.807) is 6.92 Å². The number of aliphatic hydroxyl groups is 1. The smallest absolute Gasteiger partial charge is 0.317 e. The molecule has 4 heteroatoms. The first-order chi connectivity index (χ1) is 7.11. The molecule has 0 radical (unpaired) electrons. The topological polar surface area (TPSA) is 69.6 Å². The predicted molar refractivity (Wildman–Crippen MR) is 56.5 cm³/mol. The summed E-state index contributed by atoms with van der Waals surface area (Å²) in [6.45, 7) is 1.60. The molecule has 1 aromatic rings. The minimum absolute atomic E-state index is 0.148. The average molecular weight is 209 g/mol. The maximum atomic E-state index is 10.3. The van der Waals surface area contributed by atoms with Gasteiger partial charge in [0, 0.05) is 6.04 Å². The van der Waals surface area contributed by atoms with Crippen LogP contribution in [-0.2, 0) is 4.79 Å². The van der Waals surface area contributed by atoms with Crippen LogP contribution in [0.2, 0.25) is 0 Å². The van der Waals surface area contributed by atoms with Crippen molar-refractivity contribution in [3.8, 4) is 0 Å². The molecule has 1 aromatic carbocycles. The van der Waals surface area contributed by atoms with E-state index in [1.165, 1.54) is 0 Å². The quantitative estimate of drug-likeness (QED) is 0.670. The molecule has 3 N–H and O–H groups in total. The van der Waals surface area contributed by atoms with Crippen LogP contribution in [0.1, 0.15) is 18.6 Å². The van der Waals surface area contributed by atoms with Crippen molar-refractivity contribution in [2.75, 3.05) is 6.54 Å². The van der Waals surface area contributed by atoms with Crippen LogP contribution in [0.3, 0.4) is 0 Å². The number of nitrogens with one attached hydrogen (secondary N) is 1. The Labute approximate surface area is 88.6 Å². The molecular formula is C11H15NO3. The summed E-state index contributed by atoms with van der Waals surface area (Å²) in [5.41, 5.74) is 0.780. The van der Waals surface area contributed by atoms with Gasteiger partial charge in [-0.25, -0.2) is 0 Å². The molecule has 82 valence electrons. The van der Waals surface area contributed by atoms with Gasteiger partial charge in [0.25, 0.3) is 0 Å². The van der Waals surface area contributed by atoms with Gasteiger partial charge < -0.3 is 15.5 Å². The maximum Gasteiger partial charge on any atom is 0.317 e. The summed E-state index contributed by atoms with van der Waals surface area (Å²) in [6.07, 6.45) is -0.689. The minimum atomic E-state index is -0.929. The molecular weight excluding hydrogens is 194 g/mol. The molecule has 0 bridgehead atoms. The standard InChI is InChI=1S/C11H15NO3/c1-8(12-7-10(13)14)11(15)9-5-3-2-4-6-9/h2-6,8,11-12,15H,7H2,1H3,(H,13,14). The van der Waals surface area contributed by atoms with Crippen LogP contribution >= 0.6 is 0 Å². The number of rotatable bonds is 5. The summed E-state index contributed by atoms with van der Waals surface area (Å²) >= 11 is 0. The van der Waals surface area contributed by atoms with Gasteiger partial charge in [0.05, 0.1) is 12.6 Å². The molecule has 2 atom stereocenters. The molecule has 0 aliphatic carbocycles. The van der Waals surface area contributed by atoms with Crippen LogP contribution in [0.25, 0.3) is 0 Å². The number of hydrogen-bond acceptors (Lipinski definition) is 3. The Morgan fingerprint density at radius 3 is 2.53 bits per heavy atom. The van der Waals surface area contributed by atoms with Gasteiger partial charge in [-0.2, -0.15) is 0 Å². The van der Waals surface area contributed by atoms with Crippen molar-refractivity contribution in [1.82, 2.24) is 5.32 Å². The van der Waals surface area contributed by atoms with Crippen LogP contribution in [0, 0.1) is 0 Å². The van der Waals surface area contributed by atoms with Gasteiger partial charge in [0.1, 0.15) is 0 Å². The summed E-state index contributed by atoms with van der Waals surface area (Å²) in [5.74, 6) is -0.929. The predicted octanol–water partition coefficient (Wildman–Crippen LogP) is 0.783. The van der Waals surface area contributed by atoms with Crippen LogP contribution in [0.15, 0.2) is 30.3 Å². The maximum absolute atomic E-state index is 10.3. The SMILES string of the molecule is CC(NCC(=O)O)C(O)c1ccccc1. The number of aliphatic hydroxyl groups excluding tert-OH is 1. The Bertz CT molecular complexity index is 313. The summed E-state index contributed by atoms with van der Waals surface area (Å²) in [5, 5.41) is 21.0. The van der Waals surface area contributed by atoms with Crippen molar-refractivity contribution >= 4 is 5.97 Å². The van der Waals surface area contributed by atoms with E-state index in [2.05, 4.69) is 5.32 Å². The van der Waals surface area contributed by atoms with Gasteiger partial charge in [0.2, 0.25) is 0 Å². The normalized spacial score (nSPS) is 14.5. The lowest BCUT2D eigenvalue weighted by Gasteiger charge is -2.19. The number of carbonyl (C=O) groups is 1. The van der Waals surface area contributed by atoms with Crippen molar-refractivity contribution in [2.24, 2.45) is 0 Å². The fourth-order valence-corrected chi connectivity index (χ4v) is 1.30. The second kappa shape index (κ2) is 5.48. The highest BCUT2D eigenvalue weighted by atomic mass is 16.4. The van der Waals surface area contributed by atoms with Gasteiger partial charge in [0.15, 0.2) is 0 Å².